The van der Waals surface area contributed by atoms with Gasteiger partial charge in [-0.3, -0.25) is 9.55 Å². The van der Waals surface area contributed by atoms with Crippen LogP contribution in [0.1, 0.15) is 16.8 Å². The fourth-order valence-corrected chi connectivity index (χ4v) is 3.49. The Morgan fingerprint density at radius 3 is 2.48 bits per heavy atom. The van der Waals surface area contributed by atoms with Crippen molar-refractivity contribution in [1.82, 2.24) is 29.1 Å². The van der Waals surface area contributed by atoms with Crippen molar-refractivity contribution in [3.05, 3.63) is 71.9 Å². The molecule has 4 aromatic heterocycles. The molecule has 27 heavy (non-hydrogen) atoms. The lowest BCUT2D eigenvalue weighted by atomic mass is 10.1. The highest BCUT2D eigenvalue weighted by molar-refractivity contribution is 5.95. The van der Waals surface area contributed by atoms with E-state index in [4.69, 9.17) is 4.98 Å². The first-order chi connectivity index (χ1) is 13.1. The molecular weight excluding hydrogens is 336 g/mol. The molecule has 0 saturated carbocycles. The van der Waals surface area contributed by atoms with Crippen molar-refractivity contribution in [2.24, 2.45) is 0 Å². The van der Waals surface area contributed by atoms with Crippen molar-refractivity contribution >= 4 is 16.7 Å². The van der Waals surface area contributed by atoms with Crippen molar-refractivity contribution in [2.75, 3.05) is 0 Å². The Bertz CT molecular complexity index is 1280. The van der Waals surface area contributed by atoms with E-state index < -0.39 is 0 Å². The topological polar surface area (TPSA) is 60.9 Å². The fourth-order valence-electron chi connectivity index (χ4n) is 3.49. The Kier molecular flexibility index (Phi) is 3.33. The molecular formula is C21H18N6. The summed E-state index contributed by atoms with van der Waals surface area (Å²) in [5.74, 6) is 0.704. The van der Waals surface area contributed by atoms with Gasteiger partial charge in [-0.2, -0.15) is 0 Å². The first-order valence-corrected chi connectivity index (χ1v) is 8.84. The van der Waals surface area contributed by atoms with Gasteiger partial charge in [0.15, 0.2) is 17.1 Å². The number of hydrogen-bond acceptors (Lipinski definition) is 4. The largest absolute Gasteiger partial charge is 0.297 e. The standard InChI is InChI=1S/C21H18N6/c1-13-6-8-16(9-7-13)19-24-21-18-14(2)15(3)27(17-5-4-10-22-11-17)20(18)23-12-26(21)25-19/h4-12H,1-3H3. The molecule has 1 aromatic carbocycles. The number of aryl methyl sites for hydroxylation is 2. The van der Waals surface area contributed by atoms with Crippen LogP contribution in [0.3, 0.4) is 0 Å². The highest BCUT2D eigenvalue weighted by Gasteiger charge is 2.19. The van der Waals surface area contributed by atoms with Crippen LogP contribution in [-0.4, -0.2) is 29.1 Å². The molecule has 0 aliphatic rings. The average molecular weight is 354 g/mol. The maximum absolute atomic E-state index is 4.83. The van der Waals surface area contributed by atoms with Gasteiger partial charge in [-0.15, -0.1) is 5.10 Å². The number of aromatic nitrogens is 6. The molecule has 132 valence electrons. The summed E-state index contributed by atoms with van der Waals surface area (Å²) in [4.78, 5) is 13.8. The van der Waals surface area contributed by atoms with E-state index in [1.807, 2.05) is 30.5 Å². The van der Waals surface area contributed by atoms with Gasteiger partial charge in [-0.1, -0.05) is 29.8 Å². The Hall–Kier alpha value is -3.54. The minimum Gasteiger partial charge on any atom is -0.297 e. The molecule has 0 radical (unpaired) electrons. The zero-order valence-electron chi connectivity index (χ0n) is 15.4. The van der Waals surface area contributed by atoms with Crippen LogP contribution < -0.4 is 0 Å². The van der Waals surface area contributed by atoms with Crippen LogP contribution in [0.15, 0.2) is 55.1 Å². The van der Waals surface area contributed by atoms with Crippen LogP contribution in [0.5, 0.6) is 0 Å². The van der Waals surface area contributed by atoms with Crippen molar-refractivity contribution in [2.45, 2.75) is 20.8 Å². The molecule has 0 spiro atoms. The molecule has 0 atom stereocenters. The highest BCUT2D eigenvalue weighted by Crippen LogP contribution is 2.30. The zero-order chi connectivity index (χ0) is 18.5. The molecule has 6 heteroatoms. The van der Waals surface area contributed by atoms with E-state index in [0.717, 1.165) is 39.2 Å². The van der Waals surface area contributed by atoms with Gasteiger partial charge >= 0.3 is 0 Å². The van der Waals surface area contributed by atoms with Crippen molar-refractivity contribution < 1.29 is 0 Å². The average Bonchev–Trinajstić information content (AvgIpc) is 3.22. The van der Waals surface area contributed by atoms with E-state index in [1.54, 1.807) is 17.0 Å². The lowest BCUT2D eigenvalue weighted by Gasteiger charge is -2.06. The third-order valence-corrected chi connectivity index (χ3v) is 5.05. The predicted octanol–water partition coefficient (Wildman–Crippen LogP) is 4.06. The third-order valence-electron chi connectivity index (χ3n) is 5.05. The van der Waals surface area contributed by atoms with E-state index in [2.05, 4.69) is 52.5 Å². The SMILES string of the molecule is Cc1ccc(-c2nc3c4c(C)c(C)n(-c5cccnc5)c4ncn3n2)cc1. The summed E-state index contributed by atoms with van der Waals surface area (Å²) in [5, 5.41) is 5.66. The third kappa shape index (κ3) is 2.33. The Balaban J connectivity index is 1.79. The van der Waals surface area contributed by atoms with E-state index in [-0.39, 0.29) is 0 Å². The first kappa shape index (κ1) is 15.7. The summed E-state index contributed by atoms with van der Waals surface area (Å²) in [6, 6.07) is 12.2. The number of hydrogen-bond donors (Lipinski definition) is 0. The van der Waals surface area contributed by atoms with Gasteiger partial charge in [0.1, 0.15) is 6.33 Å². The summed E-state index contributed by atoms with van der Waals surface area (Å²) in [7, 11) is 0. The lowest BCUT2D eigenvalue weighted by molar-refractivity contribution is 0.926. The lowest BCUT2D eigenvalue weighted by Crippen LogP contribution is -1.99. The Morgan fingerprint density at radius 2 is 1.74 bits per heavy atom. The molecule has 0 fully saturated rings. The quantitative estimate of drug-likeness (QED) is 0.480. The van der Waals surface area contributed by atoms with Crippen LogP contribution in [-0.2, 0) is 0 Å². The van der Waals surface area contributed by atoms with Gasteiger partial charge < -0.3 is 0 Å². The van der Waals surface area contributed by atoms with E-state index >= 15 is 0 Å². The first-order valence-electron chi connectivity index (χ1n) is 8.84. The molecule has 5 rings (SSSR count). The van der Waals surface area contributed by atoms with Gasteiger partial charge in [0.25, 0.3) is 0 Å². The molecule has 0 unspecified atom stereocenters. The van der Waals surface area contributed by atoms with Crippen molar-refractivity contribution in [1.29, 1.82) is 0 Å². The molecule has 6 nitrogen and oxygen atoms in total. The highest BCUT2D eigenvalue weighted by atomic mass is 15.3. The molecule has 0 saturated heterocycles. The number of pyridine rings is 1. The maximum atomic E-state index is 4.83. The fraction of sp³-hybridized carbons (Fsp3) is 0.143. The second kappa shape index (κ2) is 5.74. The van der Waals surface area contributed by atoms with Crippen LogP contribution in [0.25, 0.3) is 33.8 Å². The van der Waals surface area contributed by atoms with E-state index in [0.29, 0.717) is 5.82 Å². The molecule has 4 heterocycles. The van der Waals surface area contributed by atoms with Crippen molar-refractivity contribution in [3.63, 3.8) is 0 Å². The Labute approximate surface area is 156 Å². The summed E-state index contributed by atoms with van der Waals surface area (Å²) in [6.45, 7) is 6.27. The molecule has 5 aromatic rings. The number of benzene rings is 1. The summed E-state index contributed by atoms with van der Waals surface area (Å²) in [6.07, 6.45) is 5.35. The van der Waals surface area contributed by atoms with Crippen LogP contribution >= 0.6 is 0 Å². The predicted molar refractivity (Wildman–Crippen MR) is 105 cm³/mol. The molecule has 0 amide bonds. The van der Waals surface area contributed by atoms with Gasteiger partial charge in [-0.05, 0) is 38.5 Å². The molecule has 0 N–H and O–H groups in total. The second-order valence-electron chi connectivity index (χ2n) is 6.77. The summed E-state index contributed by atoms with van der Waals surface area (Å²) >= 11 is 0. The van der Waals surface area contributed by atoms with Crippen LogP contribution in [0, 0.1) is 20.8 Å². The molecule has 0 aliphatic carbocycles. The van der Waals surface area contributed by atoms with E-state index in [9.17, 15) is 0 Å². The van der Waals surface area contributed by atoms with Gasteiger partial charge in [0.05, 0.1) is 17.3 Å². The maximum Gasteiger partial charge on any atom is 0.182 e. The minimum atomic E-state index is 0.704. The van der Waals surface area contributed by atoms with Gasteiger partial charge in [0, 0.05) is 17.5 Å². The van der Waals surface area contributed by atoms with Crippen LogP contribution in [0.4, 0.5) is 0 Å². The van der Waals surface area contributed by atoms with E-state index in [1.165, 1.54) is 5.56 Å². The monoisotopic (exact) mass is 354 g/mol. The summed E-state index contributed by atoms with van der Waals surface area (Å²) < 4.78 is 3.88. The number of rotatable bonds is 2. The number of nitrogens with zero attached hydrogens (tertiary/aromatic N) is 6. The molecule has 0 bridgehead atoms. The number of fused-ring (bicyclic) bond motifs is 3. The zero-order valence-corrected chi connectivity index (χ0v) is 15.4. The minimum absolute atomic E-state index is 0.704. The van der Waals surface area contributed by atoms with Gasteiger partial charge in [-0.25, -0.2) is 14.5 Å². The summed E-state index contributed by atoms with van der Waals surface area (Å²) in [5.41, 5.74) is 7.16. The van der Waals surface area contributed by atoms with Gasteiger partial charge in [0.2, 0.25) is 0 Å². The Morgan fingerprint density at radius 1 is 0.926 bits per heavy atom. The van der Waals surface area contributed by atoms with Crippen molar-refractivity contribution in [3.8, 4) is 17.1 Å². The normalized spacial score (nSPS) is 11.5. The molecule has 0 aliphatic heterocycles. The van der Waals surface area contributed by atoms with Crippen LogP contribution in [0.2, 0.25) is 0 Å². The smallest absolute Gasteiger partial charge is 0.182 e. The second-order valence-corrected chi connectivity index (χ2v) is 6.77.